The molecule has 3 nitrogen and oxygen atoms in total. The third-order valence-electron chi connectivity index (χ3n) is 3.85. The first kappa shape index (κ1) is 16.1. The minimum Gasteiger partial charge on any atom is -0.398 e. The van der Waals surface area contributed by atoms with Crippen LogP contribution in [0.25, 0.3) is 11.1 Å². The van der Waals surface area contributed by atoms with Crippen LogP contribution in [-0.2, 0) is 0 Å². The topological polar surface area (TPSA) is 55.1 Å². The number of hydrogen-bond acceptors (Lipinski definition) is 2. The molecule has 3 aromatic rings. The molecule has 1 amide bonds. The van der Waals surface area contributed by atoms with Gasteiger partial charge in [0.15, 0.2) is 0 Å². The predicted octanol–water partition coefficient (Wildman–Crippen LogP) is 5.15. The molecule has 3 rings (SSSR count). The van der Waals surface area contributed by atoms with Crippen LogP contribution in [0.1, 0.15) is 15.9 Å². The van der Waals surface area contributed by atoms with E-state index in [-0.39, 0.29) is 5.91 Å². The van der Waals surface area contributed by atoms with Crippen molar-refractivity contribution in [3.63, 3.8) is 0 Å². The van der Waals surface area contributed by atoms with Gasteiger partial charge in [-0.3, -0.25) is 4.79 Å². The second-order valence-electron chi connectivity index (χ2n) is 5.59. The van der Waals surface area contributed by atoms with Gasteiger partial charge in [-0.15, -0.1) is 0 Å². The van der Waals surface area contributed by atoms with E-state index in [1.54, 1.807) is 12.1 Å². The van der Waals surface area contributed by atoms with Gasteiger partial charge in [-0.1, -0.05) is 54.1 Å². The Kier molecular flexibility index (Phi) is 4.54. The number of rotatable bonds is 3. The molecule has 0 aliphatic carbocycles. The van der Waals surface area contributed by atoms with Crippen LogP contribution in [0.4, 0.5) is 11.4 Å². The molecule has 0 bridgehead atoms. The number of hydrogen-bond donors (Lipinski definition) is 2. The molecule has 3 N–H and O–H groups in total. The average molecular weight is 337 g/mol. The zero-order chi connectivity index (χ0) is 17.1. The molecule has 0 aliphatic heterocycles. The molecule has 0 saturated carbocycles. The highest BCUT2D eigenvalue weighted by atomic mass is 35.5. The van der Waals surface area contributed by atoms with Crippen LogP contribution in [0.3, 0.4) is 0 Å². The summed E-state index contributed by atoms with van der Waals surface area (Å²) in [6.07, 6.45) is 0. The zero-order valence-electron chi connectivity index (χ0n) is 13.2. The van der Waals surface area contributed by atoms with Gasteiger partial charge in [0.25, 0.3) is 5.91 Å². The Morgan fingerprint density at radius 2 is 1.58 bits per heavy atom. The quantitative estimate of drug-likeness (QED) is 0.650. The molecule has 0 aliphatic rings. The molecule has 0 unspecified atom stereocenters. The summed E-state index contributed by atoms with van der Waals surface area (Å²) >= 11 is 6.03. The number of carbonyl (C=O) groups excluding carboxylic acids is 1. The minimum atomic E-state index is -0.182. The molecular weight excluding hydrogens is 320 g/mol. The van der Waals surface area contributed by atoms with Crippen LogP contribution in [0.2, 0.25) is 5.02 Å². The summed E-state index contributed by atoms with van der Waals surface area (Å²) in [5.41, 5.74) is 10.6. The van der Waals surface area contributed by atoms with E-state index in [0.29, 0.717) is 22.0 Å². The molecule has 0 aromatic heterocycles. The van der Waals surface area contributed by atoms with Crippen molar-refractivity contribution >= 4 is 28.9 Å². The lowest BCUT2D eigenvalue weighted by molar-refractivity contribution is 0.102. The van der Waals surface area contributed by atoms with Crippen molar-refractivity contribution < 1.29 is 4.79 Å². The Morgan fingerprint density at radius 1 is 0.958 bits per heavy atom. The Labute approximate surface area is 146 Å². The van der Waals surface area contributed by atoms with Crippen LogP contribution >= 0.6 is 11.6 Å². The fourth-order valence-corrected chi connectivity index (χ4v) is 2.64. The highest BCUT2D eigenvalue weighted by Gasteiger charge is 2.10. The Balaban J connectivity index is 1.80. The van der Waals surface area contributed by atoms with Gasteiger partial charge < -0.3 is 11.1 Å². The van der Waals surface area contributed by atoms with Gasteiger partial charge in [0.2, 0.25) is 0 Å². The Hall–Kier alpha value is -2.78. The van der Waals surface area contributed by atoms with Crippen molar-refractivity contribution in [2.45, 2.75) is 6.92 Å². The van der Waals surface area contributed by atoms with Gasteiger partial charge in [0, 0.05) is 11.3 Å². The molecule has 0 saturated heterocycles. The number of anilines is 2. The number of aryl methyl sites for hydroxylation is 1. The molecule has 0 radical (unpaired) electrons. The first-order valence-corrected chi connectivity index (χ1v) is 7.95. The predicted molar refractivity (Wildman–Crippen MR) is 100 cm³/mol. The zero-order valence-corrected chi connectivity index (χ0v) is 14.0. The van der Waals surface area contributed by atoms with Crippen LogP contribution in [0.15, 0.2) is 66.7 Å². The van der Waals surface area contributed by atoms with E-state index in [4.69, 9.17) is 17.3 Å². The standard InChI is InChI=1S/C20H17ClN2O/c1-13-11-18(22)17(21)12-19(13)23-20(24)16-9-7-15(8-10-16)14-5-3-2-4-6-14/h2-12H,22H2,1H3,(H,23,24). The summed E-state index contributed by atoms with van der Waals surface area (Å²) in [5, 5.41) is 3.30. The fraction of sp³-hybridized carbons (Fsp3) is 0.0500. The second-order valence-corrected chi connectivity index (χ2v) is 5.99. The first-order chi connectivity index (χ1) is 11.5. The number of halogens is 1. The fourth-order valence-electron chi connectivity index (χ4n) is 2.48. The largest absolute Gasteiger partial charge is 0.398 e. The van der Waals surface area contributed by atoms with Crippen LogP contribution in [0.5, 0.6) is 0 Å². The number of benzene rings is 3. The number of nitrogen functional groups attached to an aromatic ring is 1. The third-order valence-corrected chi connectivity index (χ3v) is 4.17. The molecule has 0 fully saturated rings. The monoisotopic (exact) mass is 336 g/mol. The van der Waals surface area contributed by atoms with E-state index < -0.39 is 0 Å². The molecule has 4 heteroatoms. The molecule has 0 atom stereocenters. The maximum Gasteiger partial charge on any atom is 0.255 e. The molecule has 24 heavy (non-hydrogen) atoms. The van der Waals surface area contributed by atoms with Crippen molar-refractivity contribution in [1.82, 2.24) is 0 Å². The molecule has 120 valence electrons. The van der Waals surface area contributed by atoms with Gasteiger partial charge in [-0.2, -0.15) is 0 Å². The van der Waals surface area contributed by atoms with Crippen molar-refractivity contribution in [1.29, 1.82) is 0 Å². The lowest BCUT2D eigenvalue weighted by Gasteiger charge is -2.11. The van der Waals surface area contributed by atoms with Crippen molar-refractivity contribution in [3.8, 4) is 11.1 Å². The lowest BCUT2D eigenvalue weighted by Crippen LogP contribution is -2.12. The Morgan fingerprint density at radius 3 is 2.25 bits per heavy atom. The molecule has 0 heterocycles. The van der Waals surface area contributed by atoms with Gasteiger partial charge in [-0.05, 0) is 47.9 Å². The highest BCUT2D eigenvalue weighted by Crippen LogP contribution is 2.27. The van der Waals surface area contributed by atoms with E-state index in [1.807, 2.05) is 61.5 Å². The summed E-state index contributed by atoms with van der Waals surface area (Å²) in [4.78, 5) is 12.4. The normalized spacial score (nSPS) is 10.4. The van der Waals surface area contributed by atoms with Gasteiger partial charge in [0.05, 0.1) is 10.7 Å². The maximum atomic E-state index is 12.4. The maximum absolute atomic E-state index is 12.4. The van der Waals surface area contributed by atoms with E-state index in [1.165, 1.54) is 0 Å². The smallest absolute Gasteiger partial charge is 0.255 e. The number of amides is 1. The first-order valence-electron chi connectivity index (χ1n) is 7.57. The average Bonchev–Trinajstić information content (AvgIpc) is 2.60. The number of nitrogens with one attached hydrogen (secondary N) is 1. The summed E-state index contributed by atoms with van der Waals surface area (Å²) in [5.74, 6) is -0.182. The highest BCUT2D eigenvalue weighted by molar-refractivity contribution is 6.33. The van der Waals surface area contributed by atoms with E-state index in [9.17, 15) is 4.79 Å². The number of nitrogens with two attached hydrogens (primary N) is 1. The van der Waals surface area contributed by atoms with E-state index in [2.05, 4.69) is 5.32 Å². The Bertz CT molecular complexity index is 874. The second kappa shape index (κ2) is 6.77. The molecule has 0 spiro atoms. The third kappa shape index (κ3) is 3.42. The number of carbonyl (C=O) groups is 1. The SMILES string of the molecule is Cc1cc(N)c(Cl)cc1NC(=O)c1ccc(-c2ccccc2)cc1. The van der Waals surface area contributed by atoms with Crippen molar-refractivity contribution in [2.24, 2.45) is 0 Å². The van der Waals surface area contributed by atoms with E-state index >= 15 is 0 Å². The molecule has 3 aromatic carbocycles. The summed E-state index contributed by atoms with van der Waals surface area (Å²) < 4.78 is 0. The van der Waals surface area contributed by atoms with Gasteiger partial charge in [-0.25, -0.2) is 0 Å². The minimum absolute atomic E-state index is 0.182. The molecular formula is C20H17ClN2O. The summed E-state index contributed by atoms with van der Waals surface area (Å²) in [6, 6.07) is 20.9. The van der Waals surface area contributed by atoms with Crippen LogP contribution in [0, 0.1) is 6.92 Å². The van der Waals surface area contributed by atoms with E-state index in [0.717, 1.165) is 16.7 Å². The van der Waals surface area contributed by atoms with Crippen molar-refractivity contribution in [3.05, 3.63) is 82.9 Å². The lowest BCUT2D eigenvalue weighted by atomic mass is 10.0. The summed E-state index contributed by atoms with van der Waals surface area (Å²) in [6.45, 7) is 1.88. The van der Waals surface area contributed by atoms with Gasteiger partial charge in [0.1, 0.15) is 0 Å². The van der Waals surface area contributed by atoms with Crippen LogP contribution in [-0.4, -0.2) is 5.91 Å². The van der Waals surface area contributed by atoms with Crippen LogP contribution < -0.4 is 11.1 Å². The summed E-state index contributed by atoms with van der Waals surface area (Å²) in [7, 11) is 0. The van der Waals surface area contributed by atoms with Crippen molar-refractivity contribution in [2.75, 3.05) is 11.1 Å². The van der Waals surface area contributed by atoms with Gasteiger partial charge >= 0.3 is 0 Å².